The molecule has 0 N–H and O–H groups in total. The summed E-state index contributed by atoms with van der Waals surface area (Å²) in [5, 5.41) is 4.47. The Kier molecular flexibility index (Phi) is 6.97. The predicted octanol–water partition coefficient (Wildman–Crippen LogP) is 6.01. The van der Waals surface area contributed by atoms with Crippen LogP contribution in [-0.4, -0.2) is 19.3 Å². The van der Waals surface area contributed by atoms with Gasteiger partial charge < -0.3 is 0 Å². The van der Waals surface area contributed by atoms with E-state index >= 15 is 0 Å². The summed E-state index contributed by atoms with van der Waals surface area (Å²) in [5.74, 6) is 1.27. The summed E-state index contributed by atoms with van der Waals surface area (Å²) in [5.41, 5.74) is 1.18. The van der Waals surface area contributed by atoms with Crippen molar-refractivity contribution in [2.45, 2.75) is 25.7 Å². The number of rotatable bonds is 8. The molecular weight excluding hydrogens is 379 g/mol. The fourth-order valence-electron chi connectivity index (χ4n) is 3.30. The first kappa shape index (κ1) is 20.4. The molecule has 0 heterocycles. The van der Waals surface area contributed by atoms with Crippen molar-refractivity contribution in [1.82, 2.24) is 0 Å². The van der Waals surface area contributed by atoms with E-state index in [1.807, 2.05) is 0 Å². The van der Waals surface area contributed by atoms with Gasteiger partial charge in [-0.1, -0.05) is 74.2 Å². The molecule has 0 amide bonds. The van der Waals surface area contributed by atoms with E-state index in [1.54, 1.807) is 0 Å². The molecule has 0 bridgehead atoms. The van der Waals surface area contributed by atoms with Crippen molar-refractivity contribution in [3.63, 3.8) is 0 Å². The maximum Gasteiger partial charge on any atom is 0.122 e. The van der Waals surface area contributed by atoms with Crippen LogP contribution in [0.25, 0.3) is 0 Å². The summed E-state index contributed by atoms with van der Waals surface area (Å²) in [4.78, 5) is 0. The molecule has 0 saturated carbocycles. The van der Waals surface area contributed by atoms with Gasteiger partial charge in [-0.2, -0.15) is 0 Å². The number of benzene rings is 3. The Bertz CT molecular complexity index is 717. The molecule has 3 aromatic carbocycles. The summed E-state index contributed by atoms with van der Waals surface area (Å²) < 4.78 is 0. The Hall–Kier alpha value is -1.34. The van der Waals surface area contributed by atoms with Crippen LogP contribution in [0.3, 0.4) is 0 Å². The minimum absolute atomic E-state index is 1.000. The first-order valence-electron chi connectivity index (χ1n) is 9.65. The Morgan fingerprint density at radius 2 is 1.00 bits per heavy atom. The molecule has 0 aromatic heterocycles. The van der Waals surface area contributed by atoms with Crippen molar-refractivity contribution in [3.05, 3.63) is 91.0 Å². The SMILES string of the molecule is C[Si](C)(C)CCSC[P+](c1ccccc1)(c1ccccc1)c1ccccc1. The van der Waals surface area contributed by atoms with Gasteiger partial charge in [0.1, 0.15) is 28.7 Å². The molecule has 3 heteroatoms. The van der Waals surface area contributed by atoms with Crippen LogP contribution in [-0.2, 0) is 0 Å². The molecular formula is C24H30PSSi+. The van der Waals surface area contributed by atoms with Gasteiger partial charge in [0.05, 0.1) is 0 Å². The highest BCUT2D eigenvalue weighted by atomic mass is 32.2. The molecule has 0 aliphatic carbocycles. The lowest BCUT2D eigenvalue weighted by Crippen LogP contribution is -2.32. The third-order valence-electron chi connectivity index (χ3n) is 4.87. The molecule has 0 atom stereocenters. The van der Waals surface area contributed by atoms with Crippen molar-refractivity contribution < 1.29 is 0 Å². The van der Waals surface area contributed by atoms with Gasteiger partial charge >= 0.3 is 0 Å². The second kappa shape index (κ2) is 9.23. The van der Waals surface area contributed by atoms with Crippen LogP contribution in [0.15, 0.2) is 91.0 Å². The van der Waals surface area contributed by atoms with Gasteiger partial charge in [0.25, 0.3) is 0 Å². The quantitative estimate of drug-likeness (QED) is 0.249. The van der Waals surface area contributed by atoms with E-state index in [0.29, 0.717) is 0 Å². The third kappa shape index (κ3) is 5.13. The zero-order valence-electron chi connectivity index (χ0n) is 16.6. The molecule has 0 unspecified atom stereocenters. The highest BCUT2D eigenvalue weighted by molar-refractivity contribution is 8.13. The van der Waals surface area contributed by atoms with Gasteiger partial charge in [0, 0.05) is 8.07 Å². The van der Waals surface area contributed by atoms with Gasteiger partial charge in [0.2, 0.25) is 0 Å². The van der Waals surface area contributed by atoms with Gasteiger partial charge in [0.15, 0.2) is 0 Å². The Labute approximate surface area is 170 Å². The number of thioether (sulfide) groups is 1. The Morgan fingerprint density at radius 3 is 1.33 bits per heavy atom. The summed E-state index contributed by atoms with van der Waals surface area (Å²) in [6, 6.07) is 35.0. The zero-order valence-corrected chi connectivity index (χ0v) is 19.3. The maximum absolute atomic E-state index is 2.47. The van der Waals surface area contributed by atoms with E-state index in [2.05, 4.69) is 122 Å². The molecule has 140 valence electrons. The van der Waals surface area contributed by atoms with E-state index in [4.69, 9.17) is 0 Å². The maximum atomic E-state index is 2.47. The number of hydrogen-bond donors (Lipinski definition) is 0. The first-order valence-corrected chi connectivity index (χ1v) is 16.5. The molecule has 0 saturated heterocycles. The molecule has 0 spiro atoms. The standard InChI is InChI=1S/C24H30PSSi/c1-27(2,3)20-19-26-21-25(22-13-7-4-8-14-22,23-15-9-5-10-16-23)24-17-11-6-12-18-24/h4-18H,19-21H2,1-3H3/q+1. The molecule has 0 radical (unpaired) electrons. The van der Waals surface area contributed by atoms with Gasteiger partial charge in [-0.15, -0.1) is 11.8 Å². The van der Waals surface area contributed by atoms with Crippen LogP contribution in [0.2, 0.25) is 25.7 Å². The normalized spacial score (nSPS) is 12.1. The molecule has 3 rings (SSSR count). The van der Waals surface area contributed by atoms with E-state index in [1.165, 1.54) is 33.2 Å². The van der Waals surface area contributed by atoms with Crippen molar-refractivity contribution in [3.8, 4) is 0 Å². The topological polar surface area (TPSA) is 0 Å². The highest BCUT2D eigenvalue weighted by Gasteiger charge is 2.45. The van der Waals surface area contributed by atoms with Crippen LogP contribution >= 0.6 is 19.0 Å². The van der Waals surface area contributed by atoms with Crippen molar-refractivity contribution in [2.24, 2.45) is 0 Å². The van der Waals surface area contributed by atoms with Crippen LogP contribution in [0.4, 0.5) is 0 Å². The lowest BCUT2D eigenvalue weighted by atomic mass is 10.4. The summed E-state index contributed by atoms with van der Waals surface area (Å²) >= 11 is 2.16. The molecule has 0 nitrogen and oxygen atoms in total. The first-order chi connectivity index (χ1) is 13.0. The van der Waals surface area contributed by atoms with Crippen molar-refractivity contribution in [2.75, 3.05) is 11.2 Å². The molecule has 3 aromatic rings. The minimum Gasteiger partial charge on any atom is -0.121 e. The Balaban J connectivity index is 2.06. The largest absolute Gasteiger partial charge is 0.122 e. The lowest BCUT2D eigenvalue weighted by molar-refractivity contribution is 1.38. The van der Waals surface area contributed by atoms with E-state index in [0.717, 1.165) is 0 Å². The van der Waals surface area contributed by atoms with Gasteiger partial charge in [-0.3, -0.25) is 0 Å². The van der Waals surface area contributed by atoms with Gasteiger partial charge in [-0.05, 0) is 48.2 Å². The second-order valence-corrected chi connectivity index (χ2v) is 18.8. The fourth-order valence-corrected chi connectivity index (χ4v) is 12.7. The van der Waals surface area contributed by atoms with Crippen molar-refractivity contribution >= 4 is 43.0 Å². The smallest absolute Gasteiger partial charge is 0.121 e. The lowest BCUT2D eigenvalue weighted by Gasteiger charge is -2.27. The summed E-state index contributed by atoms with van der Waals surface area (Å²) in [6.07, 6.45) is 0. The third-order valence-corrected chi connectivity index (χ3v) is 13.3. The molecule has 0 aliphatic heterocycles. The summed E-state index contributed by atoms with van der Waals surface area (Å²) in [6.45, 7) is 7.42. The molecule has 27 heavy (non-hydrogen) atoms. The number of hydrogen-bond acceptors (Lipinski definition) is 1. The molecule has 0 aliphatic rings. The average Bonchev–Trinajstić information content (AvgIpc) is 2.70. The molecule has 0 fully saturated rings. The van der Waals surface area contributed by atoms with Gasteiger partial charge in [-0.25, -0.2) is 0 Å². The van der Waals surface area contributed by atoms with Crippen LogP contribution in [0.5, 0.6) is 0 Å². The average molecular weight is 410 g/mol. The van der Waals surface area contributed by atoms with E-state index in [-0.39, 0.29) is 0 Å². The minimum atomic E-state index is -1.66. The highest BCUT2D eigenvalue weighted by Crippen LogP contribution is 2.57. The van der Waals surface area contributed by atoms with Crippen molar-refractivity contribution in [1.29, 1.82) is 0 Å². The van der Waals surface area contributed by atoms with Crippen LogP contribution in [0.1, 0.15) is 0 Å². The van der Waals surface area contributed by atoms with Crippen LogP contribution < -0.4 is 15.9 Å². The zero-order chi connectivity index (χ0) is 19.2. The monoisotopic (exact) mass is 409 g/mol. The second-order valence-electron chi connectivity index (χ2n) is 8.16. The predicted molar refractivity (Wildman–Crippen MR) is 131 cm³/mol. The Morgan fingerprint density at radius 1 is 0.630 bits per heavy atom. The summed E-state index contributed by atoms with van der Waals surface area (Å²) in [7, 11) is -2.66. The van der Waals surface area contributed by atoms with E-state index in [9.17, 15) is 0 Å². The fraction of sp³-hybridized carbons (Fsp3) is 0.250. The van der Waals surface area contributed by atoms with Crippen LogP contribution in [0, 0.1) is 0 Å². The van der Waals surface area contributed by atoms with E-state index < -0.39 is 15.3 Å².